The van der Waals surface area contributed by atoms with E-state index in [1.54, 1.807) is 13.0 Å². The minimum atomic E-state index is -0.556. The highest BCUT2D eigenvalue weighted by atomic mass is 35.5. The van der Waals surface area contributed by atoms with Crippen LogP contribution in [-0.2, 0) is 0 Å². The molecule has 2 heterocycles. The number of aliphatic hydroxyl groups excluding tert-OH is 1. The molecule has 1 aliphatic rings. The van der Waals surface area contributed by atoms with E-state index in [1.807, 2.05) is 30.3 Å². The maximum Gasteiger partial charge on any atom is 0.250 e. The number of hydrogen-bond acceptors (Lipinski definition) is 6. The van der Waals surface area contributed by atoms with Crippen LogP contribution >= 0.6 is 12.4 Å². The van der Waals surface area contributed by atoms with E-state index in [0.717, 1.165) is 31.5 Å². The van der Waals surface area contributed by atoms with Crippen molar-refractivity contribution in [1.29, 1.82) is 0 Å². The largest absolute Gasteiger partial charge is 0.490 e. The van der Waals surface area contributed by atoms with Gasteiger partial charge in [-0.3, -0.25) is 0 Å². The third-order valence-electron chi connectivity index (χ3n) is 6.62. The lowest BCUT2D eigenvalue weighted by atomic mass is 9.86. The van der Waals surface area contributed by atoms with E-state index in [2.05, 4.69) is 57.5 Å². The number of nitrogens with zero attached hydrogens (tertiary/aromatic N) is 3. The van der Waals surface area contributed by atoms with Crippen LogP contribution in [0.1, 0.15) is 41.6 Å². The monoisotopic (exact) mass is 505 g/mol. The average molecular weight is 506 g/mol. The molecule has 4 aromatic rings. The number of piperidine rings is 1. The molecule has 1 saturated heterocycles. The molecule has 36 heavy (non-hydrogen) atoms. The quantitative estimate of drug-likeness (QED) is 0.329. The number of likely N-dealkylation sites (tertiary alicyclic amines) is 1. The number of ether oxygens (including phenoxy) is 1. The maximum absolute atomic E-state index is 10.7. The number of aryl methyl sites for hydroxylation is 1. The first-order valence-corrected chi connectivity index (χ1v) is 12.2. The fourth-order valence-corrected chi connectivity index (χ4v) is 4.86. The summed E-state index contributed by atoms with van der Waals surface area (Å²) in [6.45, 7) is 4.60. The van der Waals surface area contributed by atoms with Gasteiger partial charge in [0.25, 0.3) is 5.89 Å². The van der Waals surface area contributed by atoms with Gasteiger partial charge in [0.1, 0.15) is 18.5 Å². The molecule has 6 nitrogen and oxygen atoms in total. The summed E-state index contributed by atoms with van der Waals surface area (Å²) < 4.78 is 11.1. The summed E-state index contributed by atoms with van der Waals surface area (Å²) in [4.78, 5) is 6.53. The van der Waals surface area contributed by atoms with Gasteiger partial charge in [0.2, 0.25) is 0 Å². The van der Waals surface area contributed by atoms with E-state index in [4.69, 9.17) is 9.26 Å². The molecule has 5 rings (SSSR count). The summed E-state index contributed by atoms with van der Waals surface area (Å²) in [6.07, 6.45) is 5.29. The standard InChI is InChI=1S/C29H31N3O3.ClH/c1-21-30-29(35-31-21)14-13-24-8-3-5-12-28(24)34-20-25(33)19-32-17-15-23(16-18-32)27-11-6-9-22-7-2-4-10-26(22)27;/h2-14,23,25,33H,15-20H2,1H3;1H. The second kappa shape index (κ2) is 12.2. The molecule has 3 aromatic carbocycles. The Kier molecular flexibility index (Phi) is 8.75. The number of β-amino-alcohol motifs (C(OH)–C–C–N with tert-alkyl or cyclic N) is 1. The first-order valence-electron chi connectivity index (χ1n) is 12.2. The zero-order valence-electron chi connectivity index (χ0n) is 20.4. The Hall–Kier alpha value is -3.19. The van der Waals surface area contributed by atoms with Crippen LogP contribution in [0.4, 0.5) is 0 Å². The highest BCUT2D eigenvalue weighted by molar-refractivity contribution is 5.86. The fourth-order valence-electron chi connectivity index (χ4n) is 4.86. The Morgan fingerprint density at radius 1 is 1.03 bits per heavy atom. The molecular weight excluding hydrogens is 474 g/mol. The topological polar surface area (TPSA) is 71.6 Å². The van der Waals surface area contributed by atoms with Gasteiger partial charge < -0.3 is 19.3 Å². The summed E-state index contributed by atoms with van der Waals surface area (Å²) in [6, 6.07) is 23.0. The lowest BCUT2D eigenvalue weighted by molar-refractivity contribution is 0.0594. The van der Waals surface area contributed by atoms with Gasteiger partial charge >= 0.3 is 0 Å². The zero-order chi connectivity index (χ0) is 24.0. The summed E-state index contributed by atoms with van der Waals surface area (Å²) >= 11 is 0. The van der Waals surface area contributed by atoms with Crippen LogP contribution in [0.3, 0.4) is 0 Å². The van der Waals surface area contributed by atoms with Crippen LogP contribution in [0.5, 0.6) is 5.75 Å². The van der Waals surface area contributed by atoms with Gasteiger partial charge in [-0.15, -0.1) is 12.4 Å². The Bertz CT molecular complexity index is 1290. The van der Waals surface area contributed by atoms with Gasteiger partial charge in [-0.25, -0.2) is 0 Å². The summed E-state index contributed by atoms with van der Waals surface area (Å²) in [7, 11) is 0. The third-order valence-corrected chi connectivity index (χ3v) is 6.62. The predicted molar refractivity (Wildman–Crippen MR) is 146 cm³/mol. The molecule has 0 spiro atoms. The number of aliphatic hydroxyl groups is 1. The van der Waals surface area contributed by atoms with Gasteiger partial charge in [0.15, 0.2) is 5.82 Å². The van der Waals surface area contributed by atoms with Gasteiger partial charge in [-0.2, -0.15) is 4.98 Å². The molecule has 0 saturated carbocycles. The van der Waals surface area contributed by atoms with E-state index < -0.39 is 6.10 Å². The minimum absolute atomic E-state index is 0. The van der Waals surface area contributed by atoms with Crippen molar-refractivity contribution < 1.29 is 14.4 Å². The lowest BCUT2D eigenvalue weighted by Gasteiger charge is -2.33. The second-order valence-electron chi connectivity index (χ2n) is 9.16. The second-order valence-corrected chi connectivity index (χ2v) is 9.16. The first kappa shape index (κ1) is 25.9. The van der Waals surface area contributed by atoms with Crippen LogP contribution in [0, 0.1) is 6.92 Å². The van der Waals surface area contributed by atoms with E-state index in [0.29, 0.717) is 29.9 Å². The number of fused-ring (bicyclic) bond motifs is 1. The molecule has 1 fully saturated rings. The van der Waals surface area contributed by atoms with Crippen molar-refractivity contribution >= 4 is 35.3 Å². The SMILES string of the molecule is Cc1noc(C=Cc2ccccc2OCC(O)CN2CCC(c3cccc4ccccc34)CC2)n1.Cl. The van der Waals surface area contributed by atoms with Gasteiger partial charge in [-0.05, 0) is 67.3 Å². The van der Waals surface area contributed by atoms with Crippen LogP contribution < -0.4 is 4.74 Å². The molecule has 1 unspecified atom stereocenters. The Morgan fingerprint density at radius 2 is 1.78 bits per heavy atom. The van der Waals surface area contributed by atoms with Crippen molar-refractivity contribution in [2.45, 2.75) is 31.8 Å². The van der Waals surface area contributed by atoms with Crippen LogP contribution in [0.2, 0.25) is 0 Å². The molecule has 0 bridgehead atoms. The fraction of sp³-hybridized carbons (Fsp3) is 0.310. The lowest BCUT2D eigenvalue weighted by Crippen LogP contribution is -2.40. The van der Waals surface area contributed by atoms with Gasteiger partial charge in [-0.1, -0.05) is 65.8 Å². The summed E-state index contributed by atoms with van der Waals surface area (Å²) in [5.41, 5.74) is 2.35. The predicted octanol–water partition coefficient (Wildman–Crippen LogP) is 5.74. The number of hydrogen-bond donors (Lipinski definition) is 1. The van der Waals surface area contributed by atoms with Gasteiger partial charge in [0.05, 0.1) is 0 Å². The van der Waals surface area contributed by atoms with Crippen molar-refractivity contribution in [3.05, 3.63) is 89.6 Å². The van der Waals surface area contributed by atoms with Crippen LogP contribution in [-0.4, -0.2) is 52.5 Å². The van der Waals surface area contributed by atoms with Gasteiger partial charge in [0, 0.05) is 18.2 Å². The number of aromatic nitrogens is 2. The molecule has 188 valence electrons. The molecule has 7 heteroatoms. The smallest absolute Gasteiger partial charge is 0.250 e. The van der Waals surface area contributed by atoms with Crippen LogP contribution in [0.25, 0.3) is 22.9 Å². The number of rotatable bonds is 8. The van der Waals surface area contributed by atoms with Crippen molar-refractivity contribution in [3.63, 3.8) is 0 Å². The van der Waals surface area contributed by atoms with E-state index in [1.165, 1.54) is 16.3 Å². The van der Waals surface area contributed by atoms with Crippen molar-refractivity contribution in [1.82, 2.24) is 15.0 Å². The first-order chi connectivity index (χ1) is 17.2. The van der Waals surface area contributed by atoms with Crippen molar-refractivity contribution in [3.8, 4) is 5.75 Å². The summed E-state index contributed by atoms with van der Waals surface area (Å²) in [5, 5.41) is 17.1. The molecule has 1 atom stereocenters. The Morgan fingerprint density at radius 3 is 2.58 bits per heavy atom. The van der Waals surface area contributed by atoms with E-state index >= 15 is 0 Å². The highest BCUT2D eigenvalue weighted by Gasteiger charge is 2.23. The molecule has 0 aliphatic carbocycles. The summed E-state index contributed by atoms with van der Waals surface area (Å²) in [5.74, 6) is 2.32. The zero-order valence-corrected chi connectivity index (χ0v) is 21.2. The van der Waals surface area contributed by atoms with Crippen molar-refractivity contribution in [2.75, 3.05) is 26.2 Å². The van der Waals surface area contributed by atoms with Crippen molar-refractivity contribution in [2.24, 2.45) is 0 Å². The Balaban J connectivity index is 0.00000304. The van der Waals surface area contributed by atoms with E-state index in [-0.39, 0.29) is 19.0 Å². The minimum Gasteiger partial charge on any atom is -0.490 e. The third kappa shape index (κ3) is 6.32. The average Bonchev–Trinajstić information content (AvgIpc) is 3.32. The maximum atomic E-state index is 10.7. The van der Waals surface area contributed by atoms with E-state index in [9.17, 15) is 5.11 Å². The molecule has 1 N–H and O–H groups in total. The molecule has 0 amide bonds. The van der Waals surface area contributed by atoms with Crippen LogP contribution in [0.15, 0.2) is 71.3 Å². The number of benzene rings is 3. The number of para-hydroxylation sites is 1. The molecule has 1 aromatic heterocycles. The molecular formula is C29H32ClN3O3. The highest BCUT2D eigenvalue weighted by Crippen LogP contribution is 2.33. The molecule has 0 radical (unpaired) electrons. The normalized spacial score (nSPS) is 15.7. The molecule has 1 aliphatic heterocycles. The Labute approximate surface area is 218 Å². The number of halogens is 1.